The van der Waals surface area contributed by atoms with Crippen LogP contribution in [0.15, 0.2) is 36.5 Å². The first kappa shape index (κ1) is 14.8. The van der Waals surface area contributed by atoms with Crippen molar-refractivity contribution in [3.8, 4) is 5.88 Å². The Kier molecular flexibility index (Phi) is 4.77. The minimum absolute atomic E-state index is 0.0917. The van der Waals surface area contributed by atoms with Crippen LogP contribution in [0, 0.1) is 6.92 Å². The molecule has 5 heteroatoms. The molecular formula is C16H19N3O2. The fraction of sp³-hybridized carbons (Fsp3) is 0.250. The second-order valence-corrected chi connectivity index (χ2v) is 4.67. The molecule has 1 amide bonds. The van der Waals surface area contributed by atoms with Crippen LogP contribution >= 0.6 is 0 Å². The molecule has 0 aliphatic heterocycles. The van der Waals surface area contributed by atoms with Crippen LogP contribution < -0.4 is 15.4 Å². The fourth-order valence-electron chi connectivity index (χ4n) is 2.02. The van der Waals surface area contributed by atoms with Gasteiger partial charge >= 0.3 is 0 Å². The number of hydrogen-bond acceptors (Lipinski definition) is 4. The Morgan fingerprint density at radius 3 is 2.76 bits per heavy atom. The van der Waals surface area contributed by atoms with E-state index in [1.807, 2.05) is 38.2 Å². The fourth-order valence-corrected chi connectivity index (χ4v) is 2.02. The van der Waals surface area contributed by atoms with Crippen molar-refractivity contribution in [1.29, 1.82) is 0 Å². The number of aryl methyl sites for hydroxylation is 1. The lowest BCUT2D eigenvalue weighted by molar-refractivity contribution is 0.0950. The van der Waals surface area contributed by atoms with Crippen molar-refractivity contribution in [2.75, 3.05) is 19.5 Å². The van der Waals surface area contributed by atoms with Crippen molar-refractivity contribution < 1.29 is 9.53 Å². The van der Waals surface area contributed by atoms with Gasteiger partial charge in [-0.3, -0.25) is 4.79 Å². The molecule has 0 aliphatic rings. The molecule has 2 rings (SSSR count). The first-order chi connectivity index (χ1) is 10.1. The maximum atomic E-state index is 12.2. The summed E-state index contributed by atoms with van der Waals surface area (Å²) in [4.78, 5) is 16.2. The lowest BCUT2D eigenvalue weighted by Crippen LogP contribution is -2.23. The first-order valence-electron chi connectivity index (χ1n) is 6.69. The normalized spacial score (nSPS) is 10.0. The average Bonchev–Trinajstić information content (AvgIpc) is 2.52. The van der Waals surface area contributed by atoms with E-state index < -0.39 is 0 Å². The van der Waals surface area contributed by atoms with Crippen molar-refractivity contribution in [2.45, 2.75) is 13.5 Å². The predicted molar refractivity (Wildman–Crippen MR) is 82.7 cm³/mol. The van der Waals surface area contributed by atoms with Gasteiger partial charge < -0.3 is 15.4 Å². The number of nitrogens with one attached hydrogen (secondary N) is 2. The summed E-state index contributed by atoms with van der Waals surface area (Å²) in [5.41, 5.74) is 3.55. The molecule has 0 saturated carbocycles. The van der Waals surface area contributed by atoms with Gasteiger partial charge in [0.25, 0.3) is 5.91 Å². The highest BCUT2D eigenvalue weighted by molar-refractivity contribution is 5.96. The van der Waals surface area contributed by atoms with Crippen LogP contribution in [0.2, 0.25) is 0 Å². The number of methoxy groups -OCH3 is 1. The van der Waals surface area contributed by atoms with Gasteiger partial charge in [0.1, 0.15) is 0 Å². The van der Waals surface area contributed by atoms with Gasteiger partial charge in [-0.1, -0.05) is 0 Å². The highest BCUT2D eigenvalue weighted by Gasteiger charge is 2.09. The van der Waals surface area contributed by atoms with Crippen LogP contribution in [0.3, 0.4) is 0 Å². The third-order valence-corrected chi connectivity index (χ3v) is 3.22. The van der Waals surface area contributed by atoms with Crippen molar-refractivity contribution in [2.24, 2.45) is 0 Å². The van der Waals surface area contributed by atoms with E-state index >= 15 is 0 Å². The molecule has 110 valence electrons. The van der Waals surface area contributed by atoms with E-state index in [-0.39, 0.29) is 5.91 Å². The zero-order valence-corrected chi connectivity index (χ0v) is 12.4. The summed E-state index contributed by atoms with van der Waals surface area (Å²) in [5, 5.41) is 5.95. The Labute approximate surface area is 124 Å². The summed E-state index contributed by atoms with van der Waals surface area (Å²) in [6.07, 6.45) is 1.66. The number of amides is 1. The molecule has 1 aromatic heterocycles. The van der Waals surface area contributed by atoms with Gasteiger partial charge in [0, 0.05) is 37.1 Å². The molecule has 0 fully saturated rings. The zero-order chi connectivity index (χ0) is 15.2. The summed E-state index contributed by atoms with van der Waals surface area (Å²) in [6.45, 7) is 2.36. The first-order valence-corrected chi connectivity index (χ1v) is 6.69. The number of pyridine rings is 1. The Balaban J connectivity index is 2.04. The number of rotatable bonds is 5. The van der Waals surface area contributed by atoms with Crippen LogP contribution in [0.1, 0.15) is 21.5 Å². The number of anilines is 1. The summed E-state index contributed by atoms with van der Waals surface area (Å²) >= 11 is 0. The third kappa shape index (κ3) is 3.72. The monoisotopic (exact) mass is 285 g/mol. The molecule has 2 N–H and O–H groups in total. The van der Waals surface area contributed by atoms with Crippen LogP contribution in [-0.4, -0.2) is 25.0 Å². The van der Waals surface area contributed by atoms with E-state index in [4.69, 9.17) is 4.74 Å². The van der Waals surface area contributed by atoms with Gasteiger partial charge in [0.2, 0.25) is 5.88 Å². The number of benzene rings is 1. The van der Waals surface area contributed by atoms with Gasteiger partial charge in [0.15, 0.2) is 0 Å². The van der Waals surface area contributed by atoms with Crippen LogP contribution in [0.4, 0.5) is 5.69 Å². The summed E-state index contributed by atoms with van der Waals surface area (Å²) < 4.78 is 5.06. The van der Waals surface area contributed by atoms with Gasteiger partial charge in [-0.15, -0.1) is 0 Å². The predicted octanol–water partition coefficient (Wildman–Crippen LogP) is 2.37. The van der Waals surface area contributed by atoms with Crippen molar-refractivity contribution in [3.63, 3.8) is 0 Å². The lowest BCUT2D eigenvalue weighted by Gasteiger charge is -2.10. The quantitative estimate of drug-likeness (QED) is 0.885. The second-order valence-electron chi connectivity index (χ2n) is 4.67. The Hall–Kier alpha value is -2.56. The molecule has 0 spiro atoms. The summed E-state index contributed by atoms with van der Waals surface area (Å²) in [6, 6.07) is 9.31. The molecule has 0 atom stereocenters. The van der Waals surface area contributed by atoms with Crippen LogP contribution in [-0.2, 0) is 6.54 Å². The molecule has 2 aromatic rings. The highest BCUT2D eigenvalue weighted by Crippen LogP contribution is 2.15. The van der Waals surface area contributed by atoms with Crippen LogP contribution in [0.25, 0.3) is 0 Å². The maximum Gasteiger partial charge on any atom is 0.251 e. The summed E-state index contributed by atoms with van der Waals surface area (Å²) in [5.74, 6) is 0.447. The number of aromatic nitrogens is 1. The lowest BCUT2D eigenvalue weighted by atomic mass is 10.1. The topological polar surface area (TPSA) is 63.2 Å². The molecule has 0 saturated heterocycles. The van der Waals surface area contributed by atoms with Gasteiger partial charge in [-0.05, 0) is 42.3 Å². The Morgan fingerprint density at radius 2 is 2.10 bits per heavy atom. The number of nitrogens with zero attached hydrogens (tertiary/aromatic N) is 1. The minimum atomic E-state index is -0.0917. The van der Waals surface area contributed by atoms with Crippen molar-refractivity contribution in [3.05, 3.63) is 53.2 Å². The van der Waals surface area contributed by atoms with E-state index in [1.54, 1.807) is 19.4 Å². The van der Waals surface area contributed by atoms with E-state index in [0.29, 0.717) is 18.0 Å². The molecule has 0 radical (unpaired) electrons. The Bertz CT molecular complexity index is 641. The average molecular weight is 285 g/mol. The Morgan fingerprint density at radius 1 is 1.29 bits per heavy atom. The molecule has 0 bridgehead atoms. The molecule has 0 aliphatic carbocycles. The van der Waals surface area contributed by atoms with E-state index in [1.165, 1.54) is 0 Å². The van der Waals surface area contributed by atoms with E-state index in [0.717, 1.165) is 16.8 Å². The molecular weight excluding hydrogens is 266 g/mol. The molecule has 21 heavy (non-hydrogen) atoms. The van der Waals surface area contributed by atoms with Gasteiger partial charge in [-0.2, -0.15) is 0 Å². The number of ether oxygens (including phenoxy) is 1. The highest BCUT2D eigenvalue weighted by atomic mass is 16.5. The minimum Gasteiger partial charge on any atom is -0.481 e. The van der Waals surface area contributed by atoms with Crippen molar-refractivity contribution in [1.82, 2.24) is 10.3 Å². The van der Waals surface area contributed by atoms with Gasteiger partial charge in [-0.25, -0.2) is 4.98 Å². The molecule has 1 aromatic carbocycles. The van der Waals surface area contributed by atoms with E-state index in [9.17, 15) is 4.79 Å². The van der Waals surface area contributed by atoms with Gasteiger partial charge in [0.05, 0.1) is 7.11 Å². The number of hydrogen-bond donors (Lipinski definition) is 2. The second kappa shape index (κ2) is 6.74. The van der Waals surface area contributed by atoms with Crippen molar-refractivity contribution >= 4 is 11.6 Å². The van der Waals surface area contributed by atoms with E-state index in [2.05, 4.69) is 15.6 Å². The zero-order valence-electron chi connectivity index (χ0n) is 12.4. The summed E-state index contributed by atoms with van der Waals surface area (Å²) in [7, 11) is 3.42. The number of carbonyl (C=O) groups excluding carboxylic acids is 1. The largest absolute Gasteiger partial charge is 0.481 e. The third-order valence-electron chi connectivity index (χ3n) is 3.22. The SMILES string of the molecule is CNc1ccc(C(=O)NCc2ccnc(OC)c2)c(C)c1. The standard InChI is InChI=1S/C16H19N3O2/c1-11-8-13(17-2)4-5-14(11)16(20)19-10-12-6-7-18-15(9-12)21-3/h4-9,17H,10H2,1-3H3,(H,19,20). The van der Waals surface area contributed by atoms with Crippen LogP contribution in [0.5, 0.6) is 5.88 Å². The smallest absolute Gasteiger partial charge is 0.251 e. The molecule has 1 heterocycles. The molecule has 5 nitrogen and oxygen atoms in total. The maximum absolute atomic E-state index is 12.2. The number of carbonyl (C=O) groups is 1. The molecule has 0 unspecified atom stereocenters.